The third-order valence-electron chi connectivity index (χ3n) is 5.73. The van der Waals surface area contributed by atoms with Gasteiger partial charge in [0.1, 0.15) is 16.4 Å². The Morgan fingerprint density at radius 1 is 1.03 bits per heavy atom. The molecule has 0 fully saturated rings. The summed E-state index contributed by atoms with van der Waals surface area (Å²) in [6.07, 6.45) is 0.751. The van der Waals surface area contributed by atoms with Crippen LogP contribution in [0.4, 0.5) is 5.69 Å². The number of hydrogen-bond acceptors (Lipinski definition) is 5. The number of anilines is 1. The Labute approximate surface area is 194 Å². The SMILES string of the molecule is COc1ccc(OC)c(S(=O)(=O)NCc2ccc3c(c2)N(C(=O)c2ccccc2)[C@@H](C)C3)c1. The summed E-state index contributed by atoms with van der Waals surface area (Å²) in [5, 5.41) is 0. The number of hydrogen-bond donors (Lipinski definition) is 1. The molecule has 3 aromatic rings. The lowest BCUT2D eigenvalue weighted by atomic mass is 10.1. The molecule has 1 N–H and O–H groups in total. The predicted octanol–water partition coefficient (Wildman–Crippen LogP) is 3.77. The number of sulfonamides is 1. The van der Waals surface area contributed by atoms with E-state index in [9.17, 15) is 13.2 Å². The maximum absolute atomic E-state index is 13.2. The highest BCUT2D eigenvalue weighted by molar-refractivity contribution is 7.89. The average Bonchev–Trinajstić information content (AvgIpc) is 3.17. The molecule has 0 radical (unpaired) electrons. The van der Waals surface area contributed by atoms with Crippen LogP contribution in [0.25, 0.3) is 0 Å². The second-order valence-electron chi connectivity index (χ2n) is 7.90. The Kier molecular flexibility index (Phi) is 6.40. The van der Waals surface area contributed by atoms with Crippen molar-refractivity contribution in [2.75, 3.05) is 19.1 Å². The van der Waals surface area contributed by atoms with Gasteiger partial charge in [0.25, 0.3) is 5.91 Å². The van der Waals surface area contributed by atoms with E-state index in [1.165, 1.54) is 20.3 Å². The highest BCUT2D eigenvalue weighted by Gasteiger charge is 2.31. The minimum absolute atomic E-state index is 0.0000131. The Morgan fingerprint density at radius 2 is 1.79 bits per heavy atom. The van der Waals surface area contributed by atoms with Gasteiger partial charge in [0.05, 0.1) is 14.2 Å². The number of rotatable bonds is 7. The van der Waals surface area contributed by atoms with Crippen LogP contribution in [0.5, 0.6) is 11.5 Å². The first kappa shape index (κ1) is 22.8. The van der Waals surface area contributed by atoms with Gasteiger partial charge in [-0.15, -0.1) is 0 Å². The van der Waals surface area contributed by atoms with Crippen LogP contribution < -0.4 is 19.1 Å². The van der Waals surface area contributed by atoms with Gasteiger partial charge < -0.3 is 14.4 Å². The molecule has 1 aliphatic heterocycles. The van der Waals surface area contributed by atoms with E-state index in [0.29, 0.717) is 11.3 Å². The van der Waals surface area contributed by atoms with Gasteiger partial charge in [0.15, 0.2) is 0 Å². The first-order valence-electron chi connectivity index (χ1n) is 10.6. The number of nitrogens with one attached hydrogen (secondary N) is 1. The third-order valence-corrected chi connectivity index (χ3v) is 7.15. The summed E-state index contributed by atoms with van der Waals surface area (Å²) in [6.45, 7) is 2.08. The van der Waals surface area contributed by atoms with Crippen LogP contribution in [-0.4, -0.2) is 34.6 Å². The number of methoxy groups -OCH3 is 2. The van der Waals surface area contributed by atoms with Gasteiger partial charge >= 0.3 is 0 Å². The molecule has 8 heteroatoms. The van der Waals surface area contributed by atoms with E-state index in [4.69, 9.17) is 9.47 Å². The smallest absolute Gasteiger partial charge is 0.258 e. The van der Waals surface area contributed by atoms with Crippen molar-refractivity contribution in [1.29, 1.82) is 0 Å². The average molecular weight is 467 g/mol. The normalized spacial score (nSPS) is 15.2. The van der Waals surface area contributed by atoms with E-state index in [-0.39, 0.29) is 29.1 Å². The first-order chi connectivity index (χ1) is 15.8. The quantitative estimate of drug-likeness (QED) is 0.573. The van der Waals surface area contributed by atoms with Crippen LogP contribution in [0.1, 0.15) is 28.4 Å². The highest BCUT2D eigenvalue weighted by Crippen LogP contribution is 2.34. The number of fused-ring (bicyclic) bond motifs is 1. The van der Waals surface area contributed by atoms with Crippen LogP contribution in [0, 0.1) is 0 Å². The van der Waals surface area contributed by atoms with E-state index < -0.39 is 10.0 Å². The van der Waals surface area contributed by atoms with Crippen LogP contribution in [0.15, 0.2) is 71.6 Å². The van der Waals surface area contributed by atoms with Crippen molar-refractivity contribution >= 4 is 21.6 Å². The number of carbonyl (C=O) groups excluding carboxylic acids is 1. The third kappa shape index (κ3) is 4.58. The molecule has 1 heterocycles. The van der Waals surface area contributed by atoms with Crippen molar-refractivity contribution < 1.29 is 22.7 Å². The molecule has 0 saturated carbocycles. The molecule has 1 atom stereocenters. The van der Waals surface area contributed by atoms with Gasteiger partial charge in [-0.25, -0.2) is 13.1 Å². The molecule has 7 nitrogen and oxygen atoms in total. The summed E-state index contributed by atoms with van der Waals surface area (Å²) in [5.74, 6) is 0.573. The van der Waals surface area contributed by atoms with Crippen molar-refractivity contribution in [3.8, 4) is 11.5 Å². The lowest BCUT2D eigenvalue weighted by molar-refractivity contribution is 0.0981. The summed E-state index contributed by atoms with van der Waals surface area (Å²) >= 11 is 0. The molecular weight excluding hydrogens is 440 g/mol. The Bertz CT molecular complexity index is 1280. The monoisotopic (exact) mass is 466 g/mol. The van der Waals surface area contributed by atoms with Gasteiger partial charge in [-0.1, -0.05) is 30.3 Å². The van der Waals surface area contributed by atoms with Crippen LogP contribution in [-0.2, 0) is 23.0 Å². The Morgan fingerprint density at radius 3 is 2.48 bits per heavy atom. The maximum Gasteiger partial charge on any atom is 0.258 e. The van der Waals surface area contributed by atoms with E-state index >= 15 is 0 Å². The summed E-state index contributed by atoms with van der Waals surface area (Å²) in [6, 6.07) is 19.5. The van der Waals surface area contributed by atoms with E-state index in [1.807, 2.05) is 43.3 Å². The number of ether oxygens (including phenoxy) is 2. The summed E-state index contributed by atoms with van der Waals surface area (Å²) in [5.41, 5.74) is 3.24. The second kappa shape index (κ2) is 9.25. The minimum atomic E-state index is -3.87. The van der Waals surface area contributed by atoms with Crippen molar-refractivity contribution in [2.24, 2.45) is 0 Å². The molecular formula is C25H26N2O5S. The standard InChI is InChI=1S/C25H26N2O5S/c1-17-13-20-10-9-18(14-22(20)27(17)25(28)19-7-5-4-6-8-19)16-26-33(29,30)24-15-21(31-2)11-12-23(24)32-3/h4-12,14-15,17,26H,13,16H2,1-3H3/t17-/m0/s1. The summed E-state index contributed by atoms with van der Waals surface area (Å²) in [7, 11) is -0.978. The van der Waals surface area contributed by atoms with Crippen molar-refractivity contribution in [3.05, 3.63) is 83.4 Å². The lowest BCUT2D eigenvalue weighted by Gasteiger charge is -2.23. The fraction of sp³-hybridized carbons (Fsp3) is 0.240. The van der Waals surface area contributed by atoms with Gasteiger partial charge in [0, 0.05) is 29.9 Å². The number of benzene rings is 3. The van der Waals surface area contributed by atoms with E-state index in [2.05, 4.69) is 4.72 Å². The molecule has 0 spiro atoms. The van der Waals surface area contributed by atoms with Crippen LogP contribution in [0.2, 0.25) is 0 Å². The second-order valence-corrected chi connectivity index (χ2v) is 9.63. The topological polar surface area (TPSA) is 84.9 Å². The molecule has 0 bridgehead atoms. The summed E-state index contributed by atoms with van der Waals surface area (Å²) in [4.78, 5) is 14.9. The van der Waals surface area contributed by atoms with Crippen molar-refractivity contribution in [2.45, 2.75) is 30.8 Å². The fourth-order valence-electron chi connectivity index (χ4n) is 4.04. The molecule has 1 aliphatic rings. The maximum atomic E-state index is 13.2. The molecule has 172 valence electrons. The number of nitrogens with zero attached hydrogens (tertiary/aromatic N) is 1. The number of amides is 1. The molecule has 1 amide bonds. The number of carbonyl (C=O) groups is 1. The van der Waals surface area contributed by atoms with Gasteiger partial charge in [-0.3, -0.25) is 4.79 Å². The van der Waals surface area contributed by atoms with E-state index in [1.54, 1.807) is 29.2 Å². The largest absolute Gasteiger partial charge is 0.497 e. The molecule has 0 aliphatic carbocycles. The fourth-order valence-corrected chi connectivity index (χ4v) is 5.24. The molecule has 0 unspecified atom stereocenters. The zero-order valence-corrected chi connectivity index (χ0v) is 19.6. The van der Waals surface area contributed by atoms with Gasteiger partial charge in [0.2, 0.25) is 10.0 Å². The Balaban J connectivity index is 1.58. The van der Waals surface area contributed by atoms with Crippen LogP contribution >= 0.6 is 0 Å². The van der Waals surface area contributed by atoms with Gasteiger partial charge in [-0.05, 0) is 54.8 Å². The lowest BCUT2D eigenvalue weighted by Crippen LogP contribution is -2.35. The van der Waals surface area contributed by atoms with Crippen molar-refractivity contribution in [1.82, 2.24) is 4.72 Å². The molecule has 33 heavy (non-hydrogen) atoms. The molecule has 0 aromatic heterocycles. The van der Waals surface area contributed by atoms with Crippen molar-refractivity contribution in [3.63, 3.8) is 0 Å². The van der Waals surface area contributed by atoms with Gasteiger partial charge in [-0.2, -0.15) is 0 Å². The first-order valence-corrected chi connectivity index (χ1v) is 12.0. The highest BCUT2D eigenvalue weighted by atomic mass is 32.2. The summed E-state index contributed by atoms with van der Waals surface area (Å²) < 4.78 is 39.0. The zero-order valence-electron chi connectivity index (χ0n) is 18.7. The Hall–Kier alpha value is -3.36. The van der Waals surface area contributed by atoms with Crippen LogP contribution in [0.3, 0.4) is 0 Å². The molecule has 4 rings (SSSR count). The molecule has 0 saturated heterocycles. The predicted molar refractivity (Wildman–Crippen MR) is 126 cm³/mol. The molecule has 3 aromatic carbocycles. The zero-order chi connectivity index (χ0) is 23.6. The minimum Gasteiger partial charge on any atom is -0.497 e. The van der Waals surface area contributed by atoms with E-state index in [0.717, 1.165) is 23.2 Å².